The van der Waals surface area contributed by atoms with E-state index in [1.165, 1.54) is 0 Å². The Morgan fingerprint density at radius 2 is 1.54 bits per heavy atom. The highest BCUT2D eigenvalue weighted by Crippen LogP contribution is 2.44. The van der Waals surface area contributed by atoms with Crippen LogP contribution in [0.5, 0.6) is 0 Å². The Labute approximate surface area is 245 Å². The van der Waals surface area contributed by atoms with Gasteiger partial charge in [0.1, 0.15) is 6.61 Å². The van der Waals surface area contributed by atoms with Crippen molar-refractivity contribution in [3.05, 3.63) is 35.9 Å². The number of rotatable bonds is 12. The van der Waals surface area contributed by atoms with Crippen LogP contribution in [-0.4, -0.2) is 88.1 Å². The van der Waals surface area contributed by atoms with Crippen LogP contribution in [0.4, 0.5) is 9.59 Å². The highest BCUT2D eigenvalue weighted by atomic mass is 32.4. The molecular formula is C28H54N2O4SSi4. The predicted molar refractivity (Wildman–Crippen MR) is 178 cm³/mol. The van der Waals surface area contributed by atoms with E-state index in [0.717, 1.165) is 24.2 Å². The van der Waals surface area contributed by atoms with Crippen molar-refractivity contribution in [2.45, 2.75) is 104 Å². The summed E-state index contributed by atoms with van der Waals surface area (Å²) in [6.07, 6.45) is 1.21. The van der Waals surface area contributed by atoms with Gasteiger partial charge in [-0.05, 0) is 32.3 Å². The van der Waals surface area contributed by atoms with Crippen molar-refractivity contribution < 1.29 is 19.1 Å². The standard InChI is InChI=1S/C28H54N2O4SSi4/c1-12-33-27(31)29(21-22-35-39(36(3,4)5,37(6,7)8)38(9,10)11)24(2)26-19-16-20-30(26)28(32)34-23-25-17-14-13-15-18-25/h13-15,17-18,24,26H,12,16,19-23H2,1-11H3/t24?,26-/m0/s1. The second kappa shape index (κ2) is 13.8. The normalized spacial score (nSPS) is 17.6. The van der Waals surface area contributed by atoms with E-state index < -0.39 is 28.6 Å². The van der Waals surface area contributed by atoms with Crippen LogP contribution in [0.2, 0.25) is 58.9 Å². The first-order chi connectivity index (χ1) is 18.0. The van der Waals surface area contributed by atoms with Crippen molar-refractivity contribution >= 4 is 51.9 Å². The van der Waals surface area contributed by atoms with Gasteiger partial charge in [-0.1, -0.05) is 89.3 Å². The van der Waals surface area contributed by atoms with Crippen LogP contribution in [0.1, 0.15) is 32.3 Å². The van der Waals surface area contributed by atoms with Crippen molar-refractivity contribution in [1.29, 1.82) is 0 Å². The Morgan fingerprint density at radius 1 is 0.974 bits per heavy atom. The van der Waals surface area contributed by atoms with Crippen LogP contribution in [0.15, 0.2) is 30.3 Å². The van der Waals surface area contributed by atoms with Gasteiger partial charge >= 0.3 is 12.2 Å². The molecule has 39 heavy (non-hydrogen) atoms. The number of benzene rings is 1. The molecule has 1 fully saturated rings. The van der Waals surface area contributed by atoms with E-state index in [4.69, 9.17) is 9.47 Å². The largest absolute Gasteiger partial charge is 0.450 e. The molecule has 2 rings (SSSR count). The summed E-state index contributed by atoms with van der Waals surface area (Å²) in [6.45, 7) is 29.3. The van der Waals surface area contributed by atoms with Gasteiger partial charge in [-0.2, -0.15) is 11.2 Å². The average Bonchev–Trinajstić information content (AvgIpc) is 3.30. The molecule has 0 bridgehead atoms. The molecule has 2 amide bonds. The van der Waals surface area contributed by atoms with Gasteiger partial charge in [-0.15, -0.1) is 0 Å². The van der Waals surface area contributed by atoms with E-state index in [9.17, 15) is 9.59 Å². The van der Waals surface area contributed by atoms with E-state index in [0.29, 0.717) is 19.7 Å². The summed E-state index contributed by atoms with van der Waals surface area (Å²) in [5.74, 6) is -0.647. The predicted octanol–water partition coefficient (Wildman–Crippen LogP) is 7.56. The summed E-state index contributed by atoms with van der Waals surface area (Å²) >= 11 is 2.30. The molecule has 0 radical (unpaired) electrons. The molecule has 11 heteroatoms. The zero-order chi connectivity index (χ0) is 29.6. The molecule has 1 aliphatic rings. The van der Waals surface area contributed by atoms with Crippen molar-refractivity contribution in [1.82, 2.24) is 9.80 Å². The van der Waals surface area contributed by atoms with Crippen LogP contribution in [0, 0.1) is 0 Å². The SMILES string of the molecule is CCOC(=O)N(CCS[Si]([Si](C)(C)C)([Si](C)(C)C)[Si](C)(C)C)C(C)[C@@H]1CCCN1C(=O)OCc1ccccc1. The maximum absolute atomic E-state index is 13.3. The zero-order valence-electron chi connectivity index (χ0n) is 26.4. The molecule has 0 aromatic heterocycles. The Hall–Kier alpha value is -1.02. The van der Waals surface area contributed by atoms with Crippen molar-refractivity contribution in [2.24, 2.45) is 0 Å². The molecule has 1 aliphatic heterocycles. The fourth-order valence-electron chi connectivity index (χ4n) is 7.52. The molecule has 6 nitrogen and oxygen atoms in total. The lowest BCUT2D eigenvalue weighted by molar-refractivity contribution is 0.0570. The van der Waals surface area contributed by atoms with Crippen LogP contribution in [0.3, 0.4) is 0 Å². The number of hydrogen-bond acceptors (Lipinski definition) is 5. The fraction of sp³-hybridized carbons (Fsp3) is 0.714. The summed E-state index contributed by atoms with van der Waals surface area (Å²) in [5, 5.41) is 0. The maximum atomic E-state index is 13.3. The Bertz CT molecular complexity index is 912. The first-order valence-corrected chi connectivity index (χ1v) is 31.7. The lowest BCUT2D eigenvalue weighted by Gasteiger charge is -2.56. The van der Waals surface area contributed by atoms with E-state index in [1.807, 2.05) is 47.1 Å². The summed E-state index contributed by atoms with van der Waals surface area (Å²) in [5.41, 5.74) is 0.972. The maximum Gasteiger partial charge on any atom is 0.410 e. The van der Waals surface area contributed by atoms with E-state index >= 15 is 0 Å². The highest BCUT2D eigenvalue weighted by molar-refractivity contribution is 8.50. The van der Waals surface area contributed by atoms with Gasteiger partial charge < -0.3 is 19.3 Å². The average molecular weight is 627 g/mol. The molecule has 222 valence electrons. The Kier molecular flexibility index (Phi) is 12.1. The second-order valence-electron chi connectivity index (χ2n) is 13.9. The number of carbonyl (C=O) groups is 2. The monoisotopic (exact) mass is 626 g/mol. The minimum Gasteiger partial charge on any atom is -0.450 e. The number of hydrogen-bond donors (Lipinski definition) is 0. The van der Waals surface area contributed by atoms with Crippen LogP contribution in [0.25, 0.3) is 0 Å². The third kappa shape index (κ3) is 8.05. The summed E-state index contributed by atoms with van der Waals surface area (Å²) in [7, 11) is -4.25. The summed E-state index contributed by atoms with van der Waals surface area (Å²) < 4.78 is 11.2. The highest BCUT2D eigenvalue weighted by Gasteiger charge is 2.62. The minimum absolute atomic E-state index is 0.0735. The number of carbonyl (C=O) groups excluding carboxylic acids is 2. The Morgan fingerprint density at radius 3 is 2.05 bits per heavy atom. The molecule has 1 saturated heterocycles. The number of ether oxygens (including phenoxy) is 2. The lowest BCUT2D eigenvalue weighted by Crippen LogP contribution is -2.81. The topological polar surface area (TPSA) is 59.1 Å². The van der Waals surface area contributed by atoms with E-state index in [1.54, 1.807) is 0 Å². The molecule has 0 spiro atoms. The number of nitrogens with zero attached hydrogens (tertiary/aromatic N) is 2. The van der Waals surface area contributed by atoms with Crippen LogP contribution >= 0.6 is 11.2 Å². The third-order valence-corrected chi connectivity index (χ3v) is 97.1. The van der Waals surface area contributed by atoms with Gasteiger partial charge in [-0.25, -0.2) is 9.59 Å². The second-order valence-corrected chi connectivity index (χ2v) is 60.1. The molecule has 1 unspecified atom stereocenters. The molecule has 1 aromatic rings. The van der Waals surface area contributed by atoms with Gasteiger partial charge in [0.2, 0.25) is 0 Å². The van der Waals surface area contributed by atoms with Gasteiger partial charge in [0.15, 0.2) is 0 Å². The number of amides is 2. The summed E-state index contributed by atoms with van der Waals surface area (Å²) in [6, 6.07) is 9.56. The van der Waals surface area contributed by atoms with Gasteiger partial charge in [0, 0.05) is 41.6 Å². The fourth-order valence-corrected chi connectivity index (χ4v) is 117. The van der Waals surface area contributed by atoms with Gasteiger partial charge in [-0.3, -0.25) is 0 Å². The van der Waals surface area contributed by atoms with Gasteiger partial charge in [0.25, 0.3) is 0 Å². The Balaban J connectivity index is 2.22. The molecular weight excluding hydrogens is 573 g/mol. The molecule has 0 aliphatic carbocycles. The van der Waals surface area contributed by atoms with E-state index in [-0.39, 0.29) is 30.9 Å². The van der Waals surface area contributed by atoms with Gasteiger partial charge in [0.05, 0.1) is 24.5 Å². The van der Waals surface area contributed by atoms with Crippen molar-refractivity contribution in [3.8, 4) is 0 Å². The molecule has 0 saturated carbocycles. The first kappa shape index (κ1) is 34.2. The van der Waals surface area contributed by atoms with Crippen LogP contribution < -0.4 is 0 Å². The first-order valence-electron chi connectivity index (χ1n) is 14.5. The minimum atomic E-state index is -1.59. The summed E-state index contributed by atoms with van der Waals surface area (Å²) in [4.78, 5) is 30.1. The molecule has 2 atom stereocenters. The smallest absolute Gasteiger partial charge is 0.410 e. The van der Waals surface area contributed by atoms with Crippen LogP contribution in [-0.2, 0) is 16.1 Å². The molecule has 1 heterocycles. The lowest BCUT2D eigenvalue weighted by atomic mass is 10.1. The van der Waals surface area contributed by atoms with E-state index in [2.05, 4.69) is 77.1 Å². The zero-order valence-corrected chi connectivity index (χ0v) is 31.2. The van der Waals surface area contributed by atoms with Crippen molar-refractivity contribution in [2.75, 3.05) is 25.4 Å². The molecule has 1 aromatic carbocycles. The molecule has 0 N–H and O–H groups in total. The number of likely N-dealkylation sites (tertiary alicyclic amines) is 1. The van der Waals surface area contributed by atoms with Crippen molar-refractivity contribution in [3.63, 3.8) is 0 Å². The quantitative estimate of drug-likeness (QED) is 0.224. The third-order valence-electron chi connectivity index (χ3n) is 8.11.